The number of ether oxygens (including phenoxy) is 1. The summed E-state index contributed by atoms with van der Waals surface area (Å²) in [7, 11) is 1.66. The van der Waals surface area contributed by atoms with Crippen LogP contribution in [0.1, 0.15) is 33.1 Å². The van der Waals surface area contributed by atoms with Crippen LogP contribution in [0, 0.1) is 11.8 Å². The first-order chi connectivity index (χ1) is 10.2. The average Bonchev–Trinajstić information content (AvgIpc) is 2.86. The summed E-state index contributed by atoms with van der Waals surface area (Å²) >= 11 is 0. The van der Waals surface area contributed by atoms with Crippen LogP contribution < -0.4 is 10.1 Å². The molecule has 3 nitrogen and oxygen atoms in total. The highest BCUT2D eigenvalue weighted by Gasteiger charge is 2.31. The maximum Gasteiger partial charge on any atom is 0.160 e. The first kappa shape index (κ1) is 15.6. The second-order valence-corrected chi connectivity index (χ2v) is 5.68. The van der Waals surface area contributed by atoms with Crippen LogP contribution in [0.25, 0.3) is 0 Å². The van der Waals surface area contributed by atoms with Gasteiger partial charge in [-0.2, -0.15) is 0 Å². The molecule has 0 heterocycles. The van der Waals surface area contributed by atoms with Crippen molar-refractivity contribution in [3.63, 3.8) is 0 Å². The second-order valence-electron chi connectivity index (χ2n) is 5.68. The summed E-state index contributed by atoms with van der Waals surface area (Å²) in [4.78, 5) is 12.1. The van der Waals surface area contributed by atoms with E-state index in [-0.39, 0.29) is 17.7 Å². The fourth-order valence-electron chi connectivity index (χ4n) is 2.91. The summed E-state index contributed by atoms with van der Waals surface area (Å²) in [5.41, 5.74) is 1.02. The summed E-state index contributed by atoms with van der Waals surface area (Å²) in [5.74, 6) is 1.79. The molecule has 2 atom stereocenters. The van der Waals surface area contributed by atoms with E-state index in [1.807, 2.05) is 30.3 Å². The van der Waals surface area contributed by atoms with Crippen molar-refractivity contribution in [2.24, 2.45) is 11.8 Å². The quantitative estimate of drug-likeness (QED) is 0.822. The van der Waals surface area contributed by atoms with Crippen molar-refractivity contribution in [2.45, 2.75) is 39.2 Å². The molecule has 0 spiro atoms. The summed E-state index contributed by atoms with van der Waals surface area (Å²) in [6.45, 7) is 4.40. The number of rotatable bonds is 7. The van der Waals surface area contributed by atoms with Crippen molar-refractivity contribution in [2.75, 3.05) is 12.4 Å². The van der Waals surface area contributed by atoms with Gasteiger partial charge in [-0.05, 0) is 42.7 Å². The zero-order valence-corrected chi connectivity index (χ0v) is 13.1. The van der Waals surface area contributed by atoms with Gasteiger partial charge in [0.1, 0.15) is 5.75 Å². The van der Waals surface area contributed by atoms with Gasteiger partial charge >= 0.3 is 0 Å². The van der Waals surface area contributed by atoms with Gasteiger partial charge in [0.15, 0.2) is 5.78 Å². The molecule has 114 valence electrons. The van der Waals surface area contributed by atoms with Crippen molar-refractivity contribution in [3.8, 4) is 5.75 Å². The Bertz CT molecular complexity index is 488. The van der Waals surface area contributed by atoms with E-state index in [0.717, 1.165) is 30.7 Å². The van der Waals surface area contributed by atoms with E-state index >= 15 is 0 Å². The van der Waals surface area contributed by atoms with Crippen LogP contribution in [0.5, 0.6) is 5.75 Å². The molecular formula is C18H25NO2. The van der Waals surface area contributed by atoms with E-state index in [4.69, 9.17) is 4.74 Å². The van der Waals surface area contributed by atoms with Crippen molar-refractivity contribution < 1.29 is 9.53 Å². The van der Waals surface area contributed by atoms with Crippen LogP contribution in [-0.4, -0.2) is 18.9 Å². The molecule has 1 aliphatic rings. The van der Waals surface area contributed by atoms with E-state index in [9.17, 15) is 4.79 Å². The Morgan fingerprint density at radius 1 is 1.19 bits per heavy atom. The van der Waals surface area contributed by atoms with Crippen molar-refractivity contribution in [1.29, 1.82) is 0 Å². The molecule has 0 saturated heterocycles. The first-order valence-electron chi connectivity index (χ1n) is 7.80. The van der Waals surface area contributed by atoms with Crippen LogP contribution in [-0.2, 0) is 4.79 Å². The molecule has 0 aliphatic heterocycles. The van der Waals surface area contributed by atoms with E-state index < -0.39 is 0 Å². The van der Waals surface area contributed by atoms with Gasteiger partial charge < -0.3 is 10.1 Å². The van der Waals surface area contributed by atoms with Crippen molar-refractivity contribution >= 4 is 11.5 Å². The molecule has 1 aliphatic carbocycles. The molecule has 3 heteroatoms. The number of anilines is 1. The van der Waals surface area contributed by atoms with Gasteiger partial charge in [0.25, 0.3) is 0 Å². The standard InChI is InChI=1S/C18H25NO2/c1-4-13(5-2)12-16-17(10-11-18(16)20)19-14-6-8-15(21-3)9-7-14/h6-11,13,16-17,19H,4-5,12H2,1-3H3/t16-,17+/m1/s1. The zero-order chi connectivity index (χ0) is 15.2. The monoisotopic (exact) mass is 287 g/mol. The van der Waals surface area contributed by atoms with Crippen LogP contribution >= 0.6 is 0 Å². The normalized spacial score (nSPS) is 21.0. The Kier molecular flexibility index (Phi) is 5.43. The molecule has 0 unspecified atom stereocenters. The Morgan fingerprint density at radius 2 is 1.86 bits per heavy atom. The number of carbonyl (C=O) groups is 1. The number of hydrogen-bond donors (Lipinski definition) is 1. The number of nitrogens with one attached hydrogen (secondary N) is 1. The van der Waals surface area contributed by atoms with Crippen LogP contribution in [0.15, 0.2) is 36.4 Å². The number of methoxy groups -OCH3 is 1. The van der Waals surface area contributed by atoms with Gasteiger partial charge in [0.2, 0.25) is 0 Å². The molecule has 0 fully saturated rings. The Labute approximate surface area is 127 Å². The van der Waals surface area contributed by atoms with Gasteiger partial charge in [0.05, 0.1) is 13.2 Å². The zero-order valence-electron chi connectivity index (χ0n) is 13.1. The fourth-order valence-corrected chi connectivity index (χ4v) is 2.91. The molecule has 1 aromatic carbocycles. The molecule has 0 saturated carbocycles. The summed E-state index contributed by atoms with van der Waals surface area (Å²) in [6.07, 6.45) is 6.96. The Balaban J connectivity index is 2.02. The minimum atomic E-state index is 0.0667. The molecule has 1 N–H and O–H groups in total. The van der Waals surface area contributed by atoms with E-state index in [1.165, 1.54) is 0 Å². The predicted molar refractivity (Wildman–Crippen MR) is 86.7 cm³/mol. The lowest BCUT2D eigenvalue weighted by atomic mass is 9.86. The lowest BCUT2D eigenvalue weighted by Crippen LogP contribution is -2.29. The third-order valence-corrected chi connectivity index (χ3v) is 4.43. The average molecular weight is 287 g/mol. The summed E-state index contributed by atoms with van der Waals surface area (Å²) < 4.78 is 5.16. The predicted octanol–water partition coefficient (Wildman–Crippen LogP) is 4.06. The third kappa shape index (κ3) is 3.87. The summed E-state index contributed by atoms with van der Waals surface area (Å²) in [5, 5.41) is 3.46. The van der Waals surface area contributed by atoms with Crippen molar-refractivity contribution in [1.82, 2.24) is 0 Å². The molecule has 0 radical (unpaired) electrons. The lowest BCUT2D eigenvalue weighted by molar-refractivity contribution is -0.118. The Hall–Kier alpha value is -1.77. The largest absolute Gasteiger partial charge is 0.497 e. The van der Waals surface area contributed by atoms with Gasteiger partial charge in [-0.3, -0.25) is 4.79 Å². The molecule has 1 aromatic rings. The highest BCUT2D eigenvalue weighted by atomic mass is 16.5. The molecule has 21 heavy (non-hydrogen) atoms. The number of ketones is 1. The molecule has 0 aromatic heterocycles. The molecule has 0 bridgehead atoms. The topological polar surface area (TPSA) is 38.3 Å². The number of hydrogen-bond acceptors (Lipinski definition) is 3. The van der Waals surface area contributed by atoms with Crippen LogP contribution in [0.3, 0.4) is 0 Å². The van der Waals surface area contributed by atoms with Crippen LogP contribution in [0.4, 0.5) is 5.69 Å². The van der Waals surface area contributed by atoms with E-state index in [0.29, 0.717) is 5.92 Å². The van der Waals surface area contributed by atoms with Gasteiger partial charge in [0, 0.05) is 11.6 Å². The minimum Gasteiger partial charge on any atom is -0.497 e. The number of carbonyl (C=O) groups excluding carboxylic acids is 1. The summed E-state index contributed by atoms with van der Waals surface area (Å²) in [6, 6.07) is 7.94. The molecule has 0 amide bonds. The van der Waals surface area contributed by atoms with E-state index in [2.05, 4.69) is 19.2 Å². The van der Waals surface area contributed by atoms with Crippen LogP contribution in [0.2, 0.25) is 0 Å². The maximum absolute atomic E-state index is 12.1. The van der Waals surface area contributed by atoms with Crippen molar-refractivity contribution in [3.05, 3.63) is 36.4 Å². The lowest BCUT2D eigenvalue weighted by Gasteiger charge is -2.24. The second kappa shape index (κ2) is 7.30. The Morgan fingerprint density at radius 3 is 2.43 bits per heavy atom. The third-order valence-electron chi connectivity index (χ3n) is 4.43. The smallest absolute Gasteiger partial charge is 0.160 e. The fraction of sp³-hybridized carbons (Fsp3) is 0.500. The van der Waals surface area contributed by atoms with E-state index in [1.54, 1.807) is 13.2 Å². The molecule has 2 rings (SSSR count). The first-order valence-corrected chi connectivity index (χ1v) is 7.80. The molecular weight excluding hydrogens is 262 g/mol. The number of allylic oxidation sites excluding steroid dienone is 1. The van der Waals surface area contributed by atoms with Gasteiger partial charge in [-0.25, -0.2) is 0 Å². The number of benzene rings is 1. The highest BCUT2D eigenvalue weighted by Crippen LogP contribution is 2.29. The SMILES string of the molecule is CCC(CC)C[C@H]1C(=O)C=C[C@@H]1Nc1ccc(OC)cc1. The minimum absolute atomic E-state index is 0.0667. The highest BCUT2D eigenvalue weighted by molar-refractivity contribution is 5.95. The van der Waals surface area contributed by atoms with Gasteiger partial charge in [-0.15, -0.1) is 0 Å². The maximum atomic E-state index is 12.1. The van der Waals surface area contributed by atoms with Gasteiger partial charge in [-0.1, -0.05) is 32.8 Å².